The molecule has 1 heterocycles. The Morgan fingerprint density at radius 1 is 0.786 bits per heavy atom. The van der Waals surface area contributed by atoms with Crippen molar-refractivity contribution in [3.63, 3.8) is 0 Å². The summed E-state index contributed by atoms with van der Waals surface area (Å²) >= 11 is 0. The van der Waals surface area contributed by atoms with E-state index in [9.17, 15) is 4.79 Å². The second kappa shape index (κ2) is 8.40. The van der Waals surface area contributed by atoms with Gasteiger partial charge in [0, 0.05) is 12.4 Å². The largest absolute Gasteiger partial charge is 0.444 e. The minimum Gasteiger partial charge on any atom is -0.444 e. The average Bonchev–Trinajstić information content (AvgIpc) is 2.79. The summed E-state index contributed by atoms with van der Waals surface area (Å²) < 4.78 is 5.42. The lowest BCUT2D eigenvalue weighted by Gasteiger charge is -2.20. The third kappa shape index (κ3) is 4.21. The molecule has 1 amide bonds. The fourth-order valence-electron chi connectivity index (χ4n) is 3.16. The van der Waals surface area contributed by atoms with Crippen molar-refractivity contribution in [2.45, 2.75) is 13.0 Å². The number of carbonyl (C=O) groups excluding carboxylic acids is 1. The second-order valence-corrected chi connectivity index (χ2v) is 6.63. The minimum absolute atomic E-state index is 0.263. The molecule has 0 radical (unpaired) electrons. The van der Waals surface area contributed by atoms with Gasteiger partial charge in [0.2, 0.25) is 0 Å². The van der Waals surface area contributed by atoms with E-state index in [0.29, 0.717) is 0 Å². The molecule has 0 atom stereocenters. The van der Waals surface area contributed by atoms with E-state index in [4.69, 9.17) is 4.74 Å². The smallest absolute Gasteiger partial charge is 0.418 e. The van der Waals surface area contributed by atoms with Gasteiger partial charge in [0.1, 0.15) is 6.61 Å². The minimum atomic E-state index is -0.377. The predicted octanol–water partition coefficient (Wildman–Crippen LogP) is 6.25. The monoisotopic (exact) mass is 367 g/mol. The van der Waals surface area contributed by atoms with E-state index in [-0.39, 0.29) is 12.7 Å². The van der Waals surface area contributed by atoms with Crippen molar-refractivity contribution in [1.82, 2.24) is 4.90 Å². The molecule has 0 saturated heterocycles. The summed E-state index contributed by atoms with van der Waals surface area (Å²) in [5.74, 6) is 0. The van der Waals surface area contributed by atoms with Gasteiger partial charge in [-0.15, -0.1) is 0 Å². The van der Waals surface area contributed by atoms with Gasteiger partial charge in [-0.05, 0) is 34.2 Å². The Bertz CT molecular complexity index is 990. The van der Waals surface area contributed by atoms with Crippen LogP contribution in [0, 0.1) is 0 Å². The predicted molar refractivity (Wildman–Crippen MR) is 112 cm³/mol. The average molecular weight is 367 g/mol. The molecule has 3 aromatic rings. The van der Waals surface area contributed by atoms with Crippen molar-refractivity contribution in [3.05, 3.63) is 115 Å². The lowest BCUT2D eigenvalue weighted by atomic mass is 9.98. The molecule has 28 heavy (non-hydrogen) atoms. The molecule has 0 aromatic heterocycles. The number of benzene rings is 3. The van der Waals surface area contributed by atoms with Gasteiger partial charge in [-0.3, -0.25) is 4.90 Å². The zero-order valence-electron chi connectivity index (χ0n) is 15.5. The molecule has 0 N–H and O–H groups in total. The molecule has 0 saturated carbocycles. The van der Waals surface area contributed by atoms with Crippen LogP contribution in [0.5, 0.6) is 0 Å². The van der Waals surface area contributed by atoms with Crippen molar-refractivity contribution in [3.8, 4) is 11.1 Å². The summed E-state index contributed by atoms with van der Waals surface area (Å²) in [6.07, 6.45) is 6.00. The maximum atomic E-state index is 12.4. The highest BCUT2D eigenvalue weighted by Crippen LogP contribution is 2.27. The Labute approximate surface area is 165 Å². The number of hydrogen-bond acceptors (Lipinski definition) is 2. The van der Waals surface area contributed by atoms with E-state index in [2.05, 4.69) is 36.4 Å². The quantitative estimate of drug-likeness (QED) is 0.545. The third-order valence-electron chi connectivity index (χ3n) is 4.68. The first-order chi connectivity index (χ1) is 13.8. The Morgan fingerprint density at radius 2 is 1.39 bits per heavy atom. The molecular formula is C25H21NO2. The number of rotatable bonds is 4. The van der Waals surface area contributed by atoms with Gasteiger partial charge in [0.25, 0.3) is 0 Å². The summed E-state index contributed by atoms with van der Waals surface area (Å²) in [5, 5.41) is 0. The molecule has 0 fully saturated rings. The number of ether oxygens (including phenoxy) is 1. The standard InChI is InChI=1S/C25H21NO2/c27-25(28-19-20-8-3-1-4-9-20)26-17-7-12-24(18-26)23-15-13-22(14-16-23)21-10-5-2-6-11-21/h1-11,13-18H,12,19H2. The lowest BCUT2D eigenvalue weighted by molar-refractivity contribution is 0.121. The van der Waals surface area contributed by atoms with Gasteiger partial charge in [-0.25, -0.2) is 4.79 Å². The molecule has 0 aliphatic carbocycles. The topological polar surface area (TPSA) is 29.5 Å². The van der Waals surface area contributed by atoms with Gasteiger partial charge in [0.15, 0.2) is 0 Å². The van der Waals surface area contributed by atoms with Crippen LogP contribution in [-0.4, -0.2) is 11.0 Å². The molecule has 4 rings (SSSR count). The third-order valence-corrected chi connectivity index (χ3v) is 4.68. The normalized spacial score (nSPS) is 13.1. The van der Waals surface area contributed by atoms with Crippen molar-refractivity contribution >= 4 is 11.7 Å². The number of carbonyl (C=O) groups is 1. The highest BCUT2D eigenvalue weighted by molar-refractivity contribution is 5.77. The van der Waals surface area contributed by atoms with Crippen molar-refractivity contribution in [2.24, 2.45) is 0 Å². The van der Waals surface area contributed by atoms with Gasteiger partial charge in [0.05, 0.1) is 0 Å². The number of allylic oxidation sites excluding steroid dienone is 2. The molecule has 1 aliphatic heterocycles. The molecule has 138 valence electrons. The van der Waals surface area contributed by atoms with Crippen molar-refractivity contribution < 1.29 is 9.53 Å². The summed E-state index contributed by atoms with van der Waals surface area (Å²) in [6.45, 7) is 0.263. The molecule has 3 aromatic carbocycles. The SMILES string of the molecule is O=C(OCc1ccccc1)N1C=CCC(c2ccc(-c3ccccc3)cc2)=C1. The zero-order chi connectivity index (χ0) is 19.2. The summed E-state index contributed by atoms with van der Waals surface area (Å²) in [4.78, 5) is 13.9. The number of nitrogens with zero attached hydrogens (tertiary/aromatic N) is 1. The van der Waals surface area contributed by atoms with E-state index in [1.807, 2.05) is 60.8 Å². The molecule has 1 aliphatic rings. The first kappa shape index (κ1) is 17.8. The summed E-state index contributed by atoms with van der Waals surface area (Å²) in [5.41, 5.74) is 5.52. The molecule has 3 nitrogen and oxygen atoms in total. The maximum Gasteiger partial charge on any atom is 0.418 e. The Hall–Kier alpha value is -3.59. The van der Waals surface area contributed by atoms with Gasteiger partial charge < -0.3 is 4.74 Å². The molecule has 0 spiro atoms. The van der Waals surface area contributed by atoms with Crippen LogP contribution in [0.2, 0.25) is 0 Å². The van der Waals surface area contributed by atoms with Crippen LogP contribution >= 0.6 is 0 Å². The van der Waals surface area contributed by atoms with Crippen LogP contribution in [-0.2, 0) is 11.3 Å². The van der Waals surface area contributed by atoms with E-state index >= 15 is 0 Å². The van der Waals surface area contributed by atoms with Crippen molar-refractivity contribution in [1.29, 1.82) is 0 Å². The molecule has 3 heteroatoms. The fourth-order valence-corrected chi connectivity index (χ4v) is 3.16. The Balaban J connectivity index is 1.44. The van der Waals surface area contributed by atoms with Gasteiger partial charge >= 0.3 is 6.09 Å². The highest BCUT2D eigenvalue weighted by Gasteiger charge is 2.15. The van der Waals surface area contributed by atoms with E-state index < -0.39 is 0 Å². The maximum absolute atomic E-state index is 12.4. The van der Waals surface area contributed by atoms with Crippen LogP contribution in [0.1, 0.15) is 17.5 Å². The van der Waals surface area contributed by atoms with Gasteiger partial charge in [-0.1, -0.05) is 91.0 Å². The van der Waals surface area contributed by atoms with Gasteiger partial charge in [-0.2, -0.15) is 0 Å². The highest BCUT2D eigenvalue weighted by atomic mass is 16.6. The zero-order valence-corrected chi connectivity index (χ0v) is 15.5. The first-order valence-corrected chi connectivity index (χ1v) is 9.32. The molecule has 0 bridgehead atoms. The summed E-state index contributed by atoms with van der Waals surface area (Å²) in [6, 6.07) is 28.4. The number of hydrogen-bond donors (Lipinski definition) is 0. The second-order valence-electron chi connectivity index (χ2n) is 6.63. The molecular weight excluding hydrogens is 346 g/mol. The van der Waals surface area contributed by atoms with Crippen LogP contribution in [0.3, 0.4) is 0 Å². The number of amides is 1. The van der Waals surface area contributed by atoms with Crippen LogP contribution < -0.4 is 0 Å². The first-order valence-electron chi connectivity index (χ1n) is 9.32. The Kier molecular flexibility index (Phi) is 5.34. The fraction of sp³-hybridized carbons (Fsp3) is 0.0800. The Morgan fingerprint density at radius 3 is 2.11 bits per heavy atom. The van der Waals surface area contributed by atoms with E-state index in [1.54, 1.807) is 6.20 Å². The summed E-state index contributed by atoms with van der Waals surface area (Å²) in [7, 11) is 0. The van der Waals surface area contributed by atoms with Crippen LogP contribution in [0.15, 0.2) is 103 Å². The van der Waals surface area contributed by atoms with E-state index in [1.165, 1.54) is 16.0 Å². The van der Waals surface area contributed by atoms with Crippen LogP contribution in [0.4, 0.5) is 4.79 Å². The lowest BCUT2D eigenvalue weighted by Crippen LogP contribution is -2.23. The van der Waals surface area contributed by atoms with Crippen molar-refractivity contribution in [2.75, 3.05) is 0 Å². The van der Waals surface area contributed by atoms with Crippen LogP contribution in [0.25, 0.3) is 16.7 Å². The van der Waals surface area contributed by atoms with E-state index in [0.717, 1.165) is 23.1 Å². The molecule has 0 unspecified atom stereocenters.